The standard InChI is InChI=1S/C14H13F2NS/c1-9-4-13(17)2-3-14(9)18-8-10-5-11(15)7-12(16)6-10/h2-7H,8,17H2,1H3. The van der Waals surface area contributed by atoms with Crippen molar-refractivity contribution in [1.29, 1.82) is 0 Å². The van der Waals surface area contributed by atoms with E-state index in [0.717, 1.165) is 16.5 Å². The summed E-state index contributed by atoms with van der Waals surface area (Å²) >= 11 is 1.54. The zero-order valence-electron chi connectivity index (χ0n) is 9.91. The largest absolute Gasteiger partial charge is 0.399 e. The Bertz CT molecular complexity index is 549. The molecule has 18 heavy (non-hydrogen) atoms. The molecule has 0 heterocycles. The van der Waals surface area contributed by atoms with Crippen LogP contribution in [0.2, 0.25) is 0 Å². The van der Waals surface area contributed by atoms with Crippen LogP contribution in [0.15, 0.2) is 41.3 Å². The summed E-state index contributed by atoms with van der Waals surface area (Å²) in [6.07, 6.45) is 0. The summed E-state index contributed by atoms with van der Waals surface area (Å²) in [7, 11) is 0. The second-order valence-electron chi connectivity index (χ2n) is 4.09. The van der Waals surface area contributed by atoms with E-state index < -0.39 is 11.6 Å². The lowest BCUT2D eigenvalue weighted by Crippen LogP contribution is -1.89. The summed E-state index contributed by atoms with van der Waals surface area (Å²) in [5, 5.41) is 0. The highest BCUT2D eigenvalue weighted by Gasteiger charge is 2.04. The maximum absolute atomic E-state index is 13.0. The van der Waals surface area contributed by atoms with E-state index >= 15 is 0 Å². The second kappa shape index (κ2) is 5.40. The molecule has 2 N–H and O–H groups in total. The molecule has 0 aromatic heterocycles. The van der Waals surface area contributed by atoms with Gasteiger partial charge in [0.1, 0.15) is 11.6 Å². The number of halogens is 2. The molecular formula is C14H13F2NS. The Kier molecular flexibility index (Phi) is 3.87. The molecule has 0 aliphatic heterocycles. The average Bonchev–Trinajstić information content (AvgIpc) is 2.26. The van der Waals surface area contributed by atoms with E-state index in [2.05, 4.69) is 0 Å². The molecule has 2 aromatic rings. The van der Waals surface area contributed by atoms with Crippen LogP contribution < -0.4 is 5.73 Å². The first-order chi connectivity index (χ1) is 8.54. The number of hydrogen-bond acceptors (Lipinski definition) is 2. The van der Waals surface area contributed by atoms with Gasteiger partial charge in [-0.15, -0.1) is 11.8 Å². The number of rotatable bonds is 3. The molecule has 0 saturated carbocycles. The molecule has 4 heteroatoms. The van der Waals surface area contributed by atoms with Gasteiger partial charge in [0.15, 0.2) is 0 Å². The fourth-order valence-electron chi connectivity index (χ4n) is 1.69. The summed E-state index contributed by atoms with van der Waals surface area (Å²) < 4.78 is 26.0. The summed E-state index contributed by atoms with van der Waals surface area (Å²) in [6, 6.07) is 9.20. The third-order valence-electron chi connectivity index (χ3n) is 2.52. The Morgan fingerprint density at radius 1 is 1.06 bits per heavy atom. The van der Waals surface area contributed by atoms with Gasteiger partial charge in [-0.3, -0.25) is 0 Å². The van der Waals surface area contributed by atoms with E-state index in [1.54, 1.807) is 0 Å². The van der Waals surface area contributed by atoms with Crippen LogP contribution in [-0.4, -0.2) is 0 Å². The smallest absolute Gasteiger partial charge is 0.126 e. The van der Waals surface area contributed by atoms with Crippen molar-refractivity contribution in [3.05, 3.63) is 59.2 Å². The zero-order valence-corrected chi connectivity index (χ0v) is 10.7. The number of benzene rings is 2. The maximum Gasteiger partial charge on any atom is 0.126 e. The number of aryl methyl sites for hydroxylation is 1. The number of nitrogens with two attached hydrogens (primary N) is 1. The van der Waals surface area contributed by atoms with Gasteiger partial charge in [0.05, 0.1) is 0 Å². The highest BCUT2D eigenvalue weighted by molar-refractivity contribution is 7.98. The molecule has 0 bridgehead atoms. The summed E-state index contributed by atoms with van der Waals surface area (Å²) in [6.45, 7) is 1.96. The van der Waals surface area contributed by atoms with E-state index in [4.69, 9.17) is 5.73 Å². The fraction of sp³-hybridized carbons (Fsp3) is 0.143. The van der Waals surface area contributed by atoms with Crippen LogP contribution in [0.1, 0.15) is 11.1 Å². The van der Waals surface area contributed by atoms with Crippen molar-refractivity contribution in [1.82, 2.24) is 0 Å². The number of nitrogen functional groups attached to an aromatic ring is 1. The molecule has 0 aliphatic carbocycles. The van der Waals surface area contributed by atoms with Crippen molar-refractivity contribution >= 4 is 17.4 Å². The SMILES string of the molecule is Cc1cc(N)ccc1SCc1cc(F)cc(F)c1. The van der Waals surface area contributed by atoms with Crippen LogP contribution in [0.25, 0.3) is 0 Å². The first-order valence-electron chi connectivity index (χ1n) is 5.48. The lowest BCUT2D eigenvalue weighted by molar-refractivity contribution is 0.581. The lowest BCUT2D eigenvalue weighted by Gasteiger charge is -2.07. The molecule has 2 rings (SSSR count). The molecule has 2 aromatic carbocycles. The average molecular weight is 265 g/mol. The maximum atomic E-state index is 13.0. The van der Waals surface area contributed by atoms with Gasteiger partial charge in [0.25, 0.3) is 0 Å². The minimum atomic E-state index is -0.542. The van der Waals surface area contributed by atoms with E-state index in [9.17, 15) is 8.78 Å². The number of thioether (sulfide) groups is 1. The Balaban J connectivity index is 2.11. The molecule has 0 saturated heterocycles. The molecule has 0 amide bonds. The molecule has 0 spiro atoms. The minimum absolute atomic E-state index is 0.527. The second-order valence-corrected chi connectivity index (χ2v) is 5.11. The van der Waals surface area contributed by atoms with Crippen LogP contribution in [-0.2, 0) is 5.75 Å². The van der Waals surface area contributed by atoms with Crippen molar-refractivity contribution in [2.24, 2.45) is 0 Å². The van der Waals surface area contributed by atoms with Crippen molar-refractivity contribution in [3.8, 4) is 0 Å². The highest BCUT2D eigenvalue weighted by atomic mass is 32.2. The molecule has 0 unspecified atom stereocenters. The Morgan fingerprint density at radius 3 is 2.33 bits per heavy atom. The fourth-order valence-corrected chi connectivity index (χ4v) is 2.63. The third kappa shape index (κ3) is 3.23. The van der Waals surface area contributed by atoms with E-state index in [1.165, 1.54) is 23.9 Å². The molecule has 0 aliphatic rings. The Labute approximate surface area is 109 Å². The molecular weight excluding hydrogens is 252 g/mol. The number of hydrogen-bond donors (Lipinski definition) is 1. The van der Waals surface area contributed by atoms with E-state index in [-0.39, 0.29) is 0 Å². The molecule has 1 nitrogen and oxygen atoms in total. The van der Waals surface area contributed by atoms with Gasteiger partial charge < -0.3 is 5.73 Å². The first-order valence-corrected chi connectivity index (χ1v) is 6.47. The molecule has 0 radical (unpaired) electrons. The summed E-state index contributed by atoms with van der Waals surface area (Å²) in [5.74, 6) is -0.557. The van der Waals surface area contributed by atoms with Crippen LogP contribution in [0, 0.1) is 18.6 Å². The van der Waals surface area contributed by atoms with Crippen molar-refractivity contribution in [3.63, 3.8) is 0 Å². The highest BCUT2D eigenvalue weighted by Crippen LogP contribution is 2.27. The van der Waals surface area contributed by atoms with Crippen LogP contribution in [0.4, 0.5) is 14.5 Å². The molecule has 0 atom stereocenters. The predicted molar refractivity (Wildman–Crippen MR) is 71.5 cm³/mol. The van der Waals surface area contributed by atoms with Gasteiger partial charge in [-0.2, -0.15) is 0 Å². The van der Waals surface area contributed by atoms with Crippen molar-refractivity contribution in [2.45, 2.75) is 17.6 Å². The summed E-state index contributed by atoms with van der Waals surface area (Å²) in [5.41, 5.74) is 8.08. The zero-order chi connectivity index (χ0) is 13.1. The first kappa shape index (κ1) is 12.9. The summed E-state index contributed by atoms with van der Waals surface area (Å²) in [4.78, 5) is 1.06. The number of anilines is 1. The van der Waals surface area contributed by atoms with Gasteiger partial charge in [-0.25, -0.2) is 8.78 Å². The normalized spacial score (nSPS) is 10.6. The van der Waals surface area contributed by atoms with Gasteiger partial charge in [-0.05, 0) is 48.4 Å². The topological polar surface area (TPSA) is 26.0 Å². The van der Waals surface area contributed by atoms with E-state index in [0.29, 0.717) is 17.0 Å². The van der Waals surface area contributed by atoms with Gasteiger partial charge in [0, 0.05) is 22.4 Å². The third-order valence-corrected chi connectivity index (χ3v) is 3.76. The van der Waals surface area contributed by atoms with Crippen molar-refractivity contribution < 1.29 is 8.78 Å². The quantitative estimate of drug-likeness (QED) is 0.666. The molecule has 94 valence electrons. The van der Waals surface area contributed by atoms with Crippen LogP contribution in [0.5, 0.6) is 0 Å². The predicted octanol–water partition coefficient (Wildman–Crippen LogP) is 4.15. The van der Waals surface area contributed by atoms with Gasteiger partial charge in [-0.1, -0.05) is 0 Å². The molecule has 0 fully saturated rings. The lowest BCUT2D eigenvalue weighted by atomic mass is 10.2. The van der Waals surface area contributed by atoms with Crippen molar-refractivity contribution in [2.75, 3.05) is 5.73 Å². The monoisotopic (exact) mass is 265 g/mol. The van der Waals surface area contributed by atoms with Crippen LogP contribution >= 0.6 is 11.8 Å². The van der Waals surface area contributed by atoms with Crippen LogP contribution in [0.3, 0.4) is 0 Å². The Morgan fingerprint density at radius 2 is 1.72 bits per heavy atom. The van der Waals surface area contributed by atoms with E-state index in [1.807, 2.05) is 25.1 Å². The minimum Gasteiger partial charge on any atom is -0.399 e. The Hall–Kier alpha value is -1.55. The van der Waals surface area contributed by atoms with Gasteiger partial charge in [0.2, 0.25) is 0 Å². The van der Waals surface area contributed by atoms with Gasteiger partial charge >= 0.3 is 0 Å².